The van der Waals surface area contributed by atoms with Crippen molar-refractivity contribution < 1.29 is 0 Å². The molecule has 0 amide bonds. The second kappa shape index (κ2) is 4.21. The first-order valence-corrected chi connectivity index (χ1v) is 4.29. The van der Waals surface area contributed by atoms with Gasteiger partial charge in [0.1, 0.15) is 0 Å². The Hall–Kier alpha value is -0.890. The van der Waals surface area contributed by atoms with E-state index in [1.165, 1.54) is 11.3 Å². The van der Waals surface area contributed by atoms with Crippen LogP contribution in [-0.2, 0) is 0 Å². The largest absolute Gasteiger partial charge is 0.302 e. The summed E-state index contributed by atoms with van der Waals surface area (Å²) in [7, 11) is 2.13. The Bertz CT molecular complexity index is 226. The Balaban J connectivity index is 2.76. The van der Waals surface area contributed by atoms with E-state index in [1.54, 1.807) is 6.20 Å². The Kier molecular flexibility index (Phi) is 3.23. The number of hydrogen-bond donors (Lipinski definition) is 0. The van der Waals surface area contributed by atoms with Crippen molar-refractivity contribution in [2.45, 2.75) is 13.3 Å². The van der Waals surface area contributed by atoms with Crippen molar-refractivity contribution in [3.05, 3.63) is 24.4 Å². The van der Waals surface area contributed by atoms with E-state index >= 15 is 0 Å². The highest BCUT2D eigenvalue weighted by molar-refractivity contribution is 6.01. The molecule has 0 N–H and O–H groups in total. The fraction of sp³-hybridized carbons (Fsp3) is 0.500. The topological polar surface area (TPSA) is 15.6 Å². The van der Waals surface area contributed by atoms with Crippen LogP contribution in [0.4, 0.5) is 0 Å². The first kappa shape index (κ1) is 9.20. The fourth-order valence-corrected chi connectivity index (χ4v) is 1.43. The van der Waals surface area contributed by atoms with Crippen molar-refractivity contribution in [2.75, 3.05) is 20.1 Å². The summed E-state index contributed by atoms with van der Waals surface area (Å²) >= 11 is 0. The zero-order valence-electron chi connectivity index (χ0n) is 7.88. The van der Waals surface area contributed by atoms with Gasteiger partial charge in [-0.2, -0.15) is 0 Å². The highest BCUT2D eigenvalue weighted by atomic mass is 15.1. The average molecular weight is 164 g/mol. The summed E-state index contributed by atoms with van der Waals surface area (Å²) in [6.45, 7) is 7.80. The molecule has 1 aliphatic heterocycles. The maximum Gasteiger partial charge on any atom is 0.0457 e. The second-order valence-electron chi connectivity index (χ2n) is 3.06. The third-order valence-corrected chi connectivity index (χ3v) is 2.14. The lowest BCUT2D eigenvalue weighted by atomic mass is 10.0. The maximum absolute atomic E-state index is 4.26. The molecule has 0 bridgehead atoms. The van der Waals surface area contributed by atoms with Crippen molar-refractivity contribution in [2.24, 2.45) is 4.99 Å². The van der Waals surface area contributed by atoms with Gasteiger partial charge in [0.25, 0.3) is 0 Å². The molecule has 1 aliphatic rings. The number of likely N-dealkylation sites (tertiary alicyclic amines) is 1. The summed E-state index contributed by atoms with van der Waals surface area (Å²) in [6, 6.07) is 0. The number of likely N-dealkylation sites (N-methyl/N-ethyl adjacent to an activating group) is 1. The van der Waals surface area contributed by atoms with Gasteiger partial charge in [0.2, 0.25) is 0 Å². The molecule has 0 aliphatic carbocycles. The molecule has 1 fully saturated rings. The normalized spacial score (nSPS) is 26.5. The molecule has 1 rings (SSSR count). The van der Waals surface area contributed by atoms with Crippen LogP contribution in [0.25, 0.3) is 0 Å². The molecule has 2 heteroatoms. The average Bonchev–Trinajstić information content (AvgIpc) is 2.08. The first-order chi connectivity index (χ1) is 5.77. The molecule has 0 atom stereocenters. The molecule has 1 heterocycles. The molecule has 66 valence electrons. The van der Waals surface area contributed by atoms with Gasteiger partial charge in [-0.1, -0.05) is 12.7 Å². The van der Waals surface area contributed by atoms with Crippen molar-refractivity contribution in [1.29, 1.82) is 0 Å². The molecule has 12 heavy (non-hydrogen) atoms. The van der Waals surface area contributed by atoms with Gasteiger partial charge in [-0.25, -0.2) is 0 Å². The van der Waals surface area contributed by atoms with Crippen LogP contribution in [0.15, 0.2) is 29.4 Å². The number of nitrogens with zero attached hydrogens (tertiary/aromatic N) is 2. The standard InChI is InChI=1S/C10H16N2/c1-4-9-8-12(3)7-6-10(9)11-5-2/h4-5H,2,6-8H2,1,3H3/b9-4-,11-10?. The minimum absolute atomic E-state index is 1.02. The van der Waals surface area contributed by atoms with E-state index in [0.29, 0.717) is 0 Å². The Morgan fingerprint density at radius 2 is 2.33 bits per heavy atom. The van der Waals surface area contributed by atoms with Crippen molar-refractivity contribution in [3.8, 4) is 0 Å². The lowest BCUT2D eigenvalue weighted by Gasteiger charge is -2.25. The Labute approximate surface area is 74.3 Å². The summed E-state index contributed by atoms with van der Waals surface area (Å²) in [5, 5.41) is 0. The molecule has 0 aromatic carbocycles. The lowest BCUT2D eigenvalue weighted by Crippen LogP contribution is -2.32. The smallest absolute Gasteiger partial charge is 0.0457 e. The quantitative estimate of drug-likeness (QED) is 0.577. The van der Waals surface area contributed by atoms with Gasteiger partial charge in [0.15, 0.2) is 0 Å². The number of piperidine rings is 1. The molecular formula is C10H16N2. The summed E-state index contributed by atoms with van der Waals surface area (Å²) in [6.07, 6.45) is 4.81. The molecule has 0 aromatic heterocycles. The van der Waals surface area contributed by atoms with Gasteiger partial charge in [-0.05, 0) is 19.5 Å². The van der Waals surface area contributed by atoms with E-state index in [1.807, 2.05) is 0 Å². The van der Waals surface area contributed by atoms with Crippen LogP contribution in [0.2, 0.25) is 0 Å². The van der Waals surface area contributed by atoms with Crippen LogP contribution in [-0.4, -0.2) is 30.7 Å². The van der Waals surface area contributed by atoms with Crippen LogP contribution in [0, 0.1) is 0 Å². The first-order valence-electron chi connectivity index (χ1n) is 4.29. The van der Waals surface area contributed by atoms with E-state index in [-0.39, 0.29) is 0 Å². The SMILES string of the molecule is C=CN=C1CCN(C)C/C1=C/C. The van der Waals surface area contributed by atoms with Gasteiger partial charge >= 0.3 is 0 Å². The minimum Gasteiger partial charge on any atom is -0.302 e. The van der Waals surface area contributed by atoms with Crippen LogP contribution >= 0.6 is 0 Å². The number of allylic oxidation sites excluding steroid dienone is 1. The van der Waals surface area contributed by atoms with Crippen molar-refractivity contribution in [3.63, 3.8) is 0 Å². The van der Waals surface area contributed by atoms with Crippen LogP contribution in [0.5, 0.6) is 0 Å². The summed E-state index contributed by atoms with van der Waals surface area (Å²) in [4.78, 5) is 6.56. The van der Waals surface area contributed by atoms with Crippen molar-refractivity contribution >= 4 is 5.71 Å². The highest BCUT2D eigenvalue weighted by Gasteiger charge is 2.15. The van der Waals surface area contributed by atoms with Gasteiger partial charge < -0.3 is 4.90 Å². The number of rotatable bonds is 1. The number of aliphatic imine (C=N–C) groups is 1. The van der Waals surface area contributed by atoms with Gasteiger partial charge in [0, 0.05) is 31.4 Å². The fourth-order valence-electron chi connectivity index (χ4n) is 1.43. The van der Waals surface area contributed by atoms with Crippen molar-refractivity contribution in [1.82, 2.24) is 4.90 Å². The third-order valence-electron chi connectivity index (χ3n) is 2.14. The van der Waals surface area contributed by atoms with Gasteiger partial charge in [0.05, 0.1) is 0 Å². The summed E-state index contributed by atoms with van der Waals surface area (Å²) < 4.78 is 0. The van der Waals surface area contributed by atoms with E-state index < -0.39 is 0 Å². The molecule has 1 saturated heterocycles. The predicted molar refractivity (Wildman–Crippen MR) is 53.5 cm³/mol. The summed E-state index contributed by atoms with van der Waals surface area (Å²) in [5.74, 6) is 0. The zero-order chi connectivity index (χ0) is 8.97. The predicted octanol–water partition coefficient (Wildman–Crippen LogP) is 1.85. The Morgan fingerprint density at radius 3 is 2.92 bits per heavy atom. The van der Waals surface area contributed by atoms with Crippen LogP contribution < -0.4 is 0 Å². The van der Waals surface area contributed by atoms with Gasteiger partial charge in [-0.3, -0.25) is 4.99 Å². The molecule has 0 saturated carbocycles. The van der Waals surface area contributed by atoms with E-state index in [2.05, 4.69) is 36.5 Å². The van der Waals surface area contributed by atoms with Crippen LogP contribution in [0.1, 0.15) is 13.3 Å². The molecular weight excluding hydrogens is 148 g/mol. The monoisotopic (exact) mass is 164 g/mol. The summed E-state index contributed by atoms with van der Waals surface area (Å²) in [5.41, 5.74) is 2.54. The molecule has 0 radical (unpaired) electrons. The second-order valence-corrected chi connectivity index (χ2v) is 3.06. The molecule has 0 spiro atoms. The lowest BCUT2D eigenvalue weighted by molar-refractivity contribution is 0.365. The minimum atomic E-state index is 1.02. The number of hydrogen-bond acceptors (Lipinski definition) is 2. The van der Waals surface area contributed by atoms with Crippen LogP contribution in [0.3, 0.4) is 0 Å². The third kappa shape index (κ3) is 2.05. The molecule has 0 aromatic rings. The van der Waals surface area contributed by atoms with E-state index in [4.69, 9.17) is 0 Å². The van der Waals surface area contributed by atoms with E-state index in [9.17, 15) is 0 Å². The highest BCUT2D eigenvalue weighted by Crippen LogP contribution is 2.11. The maximum atomic E-state index is 4.26. The van der Waals surface area contributed by atoms with E-state index in [0.717, 1.165) is 19.5 Å². The van der Waals surface area contributed by atoms with Gasteiger partial charge in [-0.15, -0.1) is 0 Å². The zero-order valence-corrected chi connectivity index (χ0v) is 7.88. The molecule has 0 unspecified atom stereocenters. The Morgan fingerprint density at radius 1 is 1.58 bits per heavy atom. The molecule has 2 nitrogen and oxygen atoms in total.